The molecule has 1 heterocycles. The van der Waals surface area contributed by atoms with E-state index < -0.39 is 22.0 Å². The first-order valence-corrected chi connectivity index (χ1v) is 11.4. The van der Waals surface area contributed by atoms with Gasteiger partial charge in [-0.15, -0.1) is 0 Å². The molecule has 0 saturated heterocycles. The summed E-state index contributed by atoms with van der Waals surface area (Å²) < 4.78 is 31.7. The Kier molecular flexibility index (Phi) is 5.17. The smallest absolute Gasteiger partial charge is 0.247 e. The second-order valence-corrected chi connectivity index (χ2v) is 9.31. The van der Waals surface area contributed by atoms with Gasteiger partial charge in [-0.25, -0.2) is 8.42 Å². The zero-order valence-electron chi connectivity index (χ0n) is 16.3. The molecule has 0 radical (unpaired) electrons. The third-order valence-electron chi connectivity index (χ3n) is 4.80. The maximum Gasteiger partial charge on any atom is 0.247 e. The van der Waals surface area contributed by atoms with Crippen LogP contribution in [0.15, 0.2) is 71.1 Å². The quantitative estimate of drug-likeness (QED) is 0.470. The molecular weight excluding hydrogens is 424 g/mol. The van der Waals surface area contributed by atoms with Gasteiger partial charge in [-0.05, 0) is 43.3 Å². The lowest BCUT2D eigenvalue weighted by molar-refractivity contribution is -0.116. The zero-order valence-corrected chi connectivity index (χ0v) is 17.9. The van der Waals surface area contributed by atoms with E-state index in [1.165, 1.54) is 13.0 Å². The van der Waals surface area contributed by atoms with Crippen LogP contribution in [-0.2, 0) is 14.8 Å². The Labute approximate surface area is 179 Å². The highest BCUT2D eigenvalue weighted by atomic mass is 35.5. The Balaban J connectivity index is 1.63. The van der Waals surface area contributed by atoms with Gasteiger partial charge < -0.3 is 9.73 Å². The lowest BCUT2D eigenvalue weighted by atomic mass is 10.1. The molecule has 4 aromatic rings. The third kappa shape index (κ3) is 3.86. The predicted octanol–water partition coefficient (Wildman–Crippen LogP) is 5.03. The Morgan fingerprint density at radius 2 is 1.73 bits per heavy atom. The van der Waals surface area contributed by atoms with Crippen molar-refractivity contribution < 1.29 is 17.6 Å². The average molecular weight is 443 g/mol. The minimum atomic E-state index is -3.73. The van der Waals surface area contributed by atoms with Crippen LogP contribution in [0.1, 0.15) is 6.92 Å². The SMILES string of the molecule is C[C@H](C(=O)Nc1ccc2c(c1)oc1ccccc12)N(c1cccc(Cl)c1)S(C)(=O)=O. The van der Waals surface area contributed by atoms with Gasteiger partial charge in [0.05, 0.1) is 11.9 Å². The summed E-state index contributed by atoms with van der Waals surface area (Å²) >= 11 is 6.01. The van der Waals surface area contributed by atoms with Crippen LogP contribution in [0.3, 0.4) is 0 Å². The lowest BCUT2D eigenvalue weighted by Crippen LogP contribution is -2.45. The van der Waals surface area contributed by atoms with Gasteiger partial charge in [0.1, 0.15) is 17.2 Å². The summed E-state index contributed by atoms with van der Waals surface area (Å²) in [6.07, 6.45) is 1.05. The van der Waals surface area contributed by atoms with E-state index in [4.69, 9.17) is 16.0 Å². The lowest BCUT2D eigenvalue weighted by Gasteiger charge is -2.28. The van der Waals surface area contributed by atoms with Crippen molar-refractivity contribution in [3.63, 3.8) is 0 Å². The molecule has 8 heteroatoms. The van der Waals surface area contributed by atoms with Crippen molar-refractivity contribution in [2.24, 2.45) is 0 Å². The van der Waals surface area contributed by atoms with Crippen molar-refractivity contribution in [2.75, 3.05) is 15.9 Å². The fourth-order valence-corrected chi connectivity index (χ4v) is 4.82. The van der Waals surface area contributed by atoms with Gasteiger partial charge in [0, 0.05) is 27.5 Å². The highest BCUT2D eigenvalue weighted by Crippen LogP contribution is 2.31. The van der Waals surface area contributed by atoms with Crippen molar-refractivity contribution >= 4 is 60.8 Å². The van der Waals surface area contributed by atoms with Crippen molar-refractivity contribution in [1.29, 1.82) is 0 Å². The first kappa shape index (κ1) is 20.3. The number of rotatable bonds is 5. The average Bonchev–Trinajstić information content (AvgIpc) is 3.04. The molecule has 1 N–H and O–H groups in total. The number of benzene rings is 3. The van der Waals surface area contributed by atoms with Crippen LogP contribution in [-0.4, -0.2) is 26.6 Å². The topological polar surface area (TPSA) is 79.6 Å². The first-order chi connectivity index (χ1) is 14.2. The van der Waals surface area contributed by atoms with E-state index in [1.54, 1.807) is 30.3 Å². The van der Waals surface area contributed by atoms with Gasteiger partial charge in [0.2, 0.25) is 15.9 Å². The summed E-state index contributed by atoms with van der Waals surface area (Å²) in [6, 6.07) is 18.4. The van der Waals surface area contributed by atoms with Crippen molar-refractivity contribution in [2.45, 2.75) is 13.0 Å². The number of carbonyl (C=O) groups is 1. The summed E-state index contributed by atoms with van der Waals surface area (Å²) in [5, 5.41) is 5.08. The molecule has 0 saturated carbocycles. The number of nitrogens with zero attached hydrogens (tertiary/aromatic N) is 1. The molecule has 1 aromatic heterocycles. The molecule has 0 spiro atoms. The zero-order chi connectivity index (χ0) is 21.5. The summed E-state index contributed by atoms with van der Waals surface area (Å²) in [7, 11) is -3.73. The van der Waals surface area contributed by atoms with E-state index in [0.717, 1.165) is 26.9 Å². The molecular formula is C22H19ClN2O4S. The number of fused-ring (bicyclic) bond motifs is 3. The summed E-state index contributed by atoms with van der Waals surface area (Å²) in [5.74, 6) is -0.476. The Morgan fingerprint density at radius 1 is 1.00 bits per heavy atom. The molecule has 6 nitrogen and oxygen atoms in total. The normalized spacial score (nSPS) is 12.8. The molecule has 4 rings (SSSR count). The van der Waals surface area contributed by atoms with Crippen LogP contribution in [0.25, 0.3) is 21.9 Å². The Morgan fingerprint density at radius 3 is 2.47 bits per heavy atom. The van der Waals surface area contributed by atoms with E-state index in [1.807, 2.05) is 30.3 Å². The molecule has 154 valence electrons. The molecule has 3 aromatic carbocycles. The number of furan rings is 1. The number of hydrogen-bond acceptors (Lipinski definition) is 4. The maximum absolute atomic E-state index is 12.9. The number of carbonyl (C=O) groups excluding carboxylic acids is 1. The summed E-state index contributed by atoms with van der Waals surface area (Å²) in [6.45, 7) is 1.52. The fraction of sp³-hybridized carbons (Fsp3) is 0.136. The number of sulfonamides is 1. The van der Waals surface area contributed by atoms with E-state index in [9.17, 15) is 13.2 Å². The number of para-hydroxylation sites is 1. The fourth-order valence-electron chi connectivity index (χ4n) is 3.47. The van der Waals surface area contributed by atoms with Crippen LogP contribution in [0.4, 0.5) is 11.4 Å². The molecule has 0 bridgehead atoms. The van der Waals surface area contributed by atoms with Gasteiger partial charge in [-0.3, -0.25) is 9.10 Å². The monoisotopic (exact) mass is 442 g/mol. The maximum atomic E-state index is 12.9. The summed E-state index contributed by atoms with van der Waals surface area (Å²) in [4.78, 5) is 12.9. The number of anilines is 2. The second kappa shape index (κ2) is 7.66. The minimum Gasteiger partial charge on any atom is -0.456 e. The van der Waals surface area contributed by atoms with Gasteiger partial charge >= 0.3 is 0 Å². The molecule has 0 fully saturated rings. The van der Waals surface area contributed by atoms with Crippen molar-refractivity contribution in [1.82, 2.24) is 0 Å². The van der Waals surface area contributed by atoms with Crippen LogP contribution in [0, 0.1) is 0 Å². The van der Waals surface area contributed by atoms with Crippen molar-refractivity contribution in [3.8, 4) is 0 Å². The van der Waals surface area contributed by atoms with Gasteiger partial charge in [0.25, 0.3) is 0 Å². The van der Waals surface area contributed by atoms with Crippen LogP contribution in [0.5, 0.6) is 0 Å². The van der Waals surface area contributed by atoms with Crippen LogP contribution >= 0.6 is 11.6 Å². The number of nitrogens with one attached hydrogen (secondary N) is 1. The van der Waals surface area contributed by atoms with Crippen LogP contribution < -0.4 is 9.62 Å². The number of halogens is 1. The Bertz CT molecular complexity index is 1360. The predicted molar refractivity (Wildman–Crippen MR) is 121 cm³/mol. The summed E-state index contributed by atoms with van der Waals surface area (Å²) in [5.41, 5.74) is 2.23. The molecule has 1 atom stereocenters. The van der Waals surface area contributed by atoms with E-state index >= 15 is 0 Å². The molecule has 0 aliphatic rings. The van der Waals surface area contributed by atoms with E-state index in [-0.39, 0.29) is 0 Å². The highest BCUT2D eigenvalue weighted by Gasteiger charge is 2.29. The van der Waals surface area contributed by atoms with Crippen molar-refractivity contribution in [3.05, 3.63) is 71.8 Å². The number of amides is 1. The molecule has 0 aliphatic heterocycles. The van der Waals surface area contributed by atoms with E-state index in [0.29, 0.717) is 22.0 Å². The third-order valence-corrected chi connectivity index (χ3v) is 6.27. The van der Waals surface area contributed by atoms with Crippen LogP contribution in [0.2, 0.25) is 5.02 Å². The molecule has 1 amide bonds. The molecule has 0 aliphatic carbocycles. The standard InChI is InChI=1S/C22H19ClN2O4S/c1-14(25(30(2,27)28)17-7-5-6-15(23)12-17)22(26)24-16-10-11-19-18-8-3-4-9-20(18)29-21(19)13-16/h3-14H,1-2H3,(H,24,26)/t14-/m1/s1. The van der Waals surface area contributed by atoms with Gasteiger partial charge in [-0.1, -0.05) is 35.9 Å². The first-order valence-electron chi connectivity index (χ1n) is 9.21. The largest absolute Gasteiger partial charge is 0.456 e. The molecule has 30 heavy (non-hydrogen) atoms. The number of hydrogen-bond donors (Lipinski definition) is 1. The minimum absolute atomic E-state index is 0.320. The highest BCUT2D eigenvalue weighted by molar-refractivity contribution is 7.92. The van der Waals surface area contributed by atoms with Gasteiger partial charge in [-0.2, -0.15) is 0 Å². The second-order valence-electron chi connectivity index (χ2n) is 7.01. The van der Waals surface area contributed by atoms with E-state index in [2.05, 4.69) is 5.32 Å². The molecule has 0 unspecified atom stereocenters. The van der Waals surface area contributed by atoms with Gasteiger partial charge in [0.15, 0.2) is 0 Å². The Hall–Kier alpha value is -3.03.